The van der Waals surface area contributed by atoms with Gasteiger partial charge in [-0.05, 0) is 31.8 Å². The highest BCUT2D eigenvalue weighted by atomic mass is 16.3. The predicted octanol–water partition coefficient (Wildman–Crippen LogP) is 0.993. The van der Waals surface area contributed by atoms with E-state index in [2.05, 4.69) is 31.6 Å². The number of fused-ring (bicyclic) bond motifs is 1. The molecule has 6 heteroatoms. The molecule has 3 rings (SSSR count). The Morgan fingerprint density at radius 3 is 2.58 bits per heavy atom. The monoisotopic (exact) mass is 333 g/mol. The minimum atomic E-state index is -0.285. The van der Waals surface area contributed by atoms with E-state index in [0.717, 1.165) is 63.1 Å². The first kappa shape index (κ1) is 17.6. The van der Waals surface area contributed by atoms with E-state index < -0.39 is 0 Å². The first-order chi connectivity index (χ1) is 11.5. The summed E-state index contributed by atoms with van der Waals surface area (Å²) in [6.45, 7) is 7.89. The van der Waals surface area contributed by atoms with Crippen molar-refractivity contribution in [3.63, 3.8) is 0 Å². The van der Waals surface area contributed by atoms with Gasteiger partial charge in [0, 0.05) is 52.3 Å². The van der Waals surface area contributed by atoms with Gasteiger partial charge >= 0.3 is 0 Å². The lowest BCUT2D eigenvalue weighted by Gasteiger charge is -2.35. The van der Waals surface area contributed by atoms with Crippen molar-refractivity contribution in [3.8, 4) is 0 Å². The van der Waals surface area contributed by atoms with Crippen LogP contribution in [0.2, 0.25) is 0 Å². The fourth-order valence-electron chi connectivity index (χ4n) is 3.82. The molecule has 6 nitrogen and oxygen atoms in total. The molecule has 1 atom stereocenters. The van der Waals surface area contributed by atoms with Crippen LogP contribution < -0.4 is 4.90 Å². The molecule has 2 aliphatic rings. The minimum Gasteiger partial charge on any atom is -0.390 e. The zero-order valence-corrected chi connectivity index (χ0v) is 15.3. The molecule has 0 radical (unpaired) electrons. The van der Waals surface area contributed by atoms with Gasteiger partial charge in [0.15, 0.2) is 0 Å². The number of β-amino-alcohol motifs (C(OH)–C–C–N with tert-alkyl or cyclic N) is 1. The van der Waals surface area contributed by atoms with Crippen LogP contribution in [-0.2, 0) is 13.0 Å². The maximum atomic E-state index is 10.5. The van der Waals surface area contributed by atoms with Crippen molar-refractivity contribution in [2.45, 2.75) is 38.8 Å². The summed E-state index contributed by atoms with van der Waals surface area (Å²) >= 11 is 0. The van der Waals surface area contributed by atoms with E-state index in [4.69, 9.17) is 0 Å². The summed E-state index contributed by atoms with van der Waals surface area (Å²) in [5, 5.41) is 10.5. The molecule has 24 heavy (non-hydrogen) atoms. The van der Waals surface area contributed by atoms with Gasteiger partial charge in [0.25, 0.3) is 0 Å². The largest absolute Gasteiger partial charge is 0.390 e. The molecule has 0 spiro atoms. The molecular formula is C18H31N5O. The number of aliphatic hydroxyl groups is 1. The van der Waals surface area contributed by atoms with Crippen molar-refractivity contribution < 1.29 is 5.11 Å². The SMILES string of the molecule is CC1CCN(C[C@H](O)CN2CCc3ncnc(N(C)C)c3C2)CC1. The fraction of sp³-hybridized carbons (Fsp3) is 0.778. The van der Waals surface area contributed by atoms with Crippen molar-refractivity contribution >= 4 is 5.82 Å². The summed E-state index contributed by atoms with van der Waals surface area (Å²) < 4.78 is 0. The number of piperidine rings is 1. The van der Waals surface area contributed by atoms with Crippen LogP contribution in [0, 0.1) is 5.92 Å². The van der Waals surface area contributed by atoms with Crippen molar-refractivity contribution in [1.29, 1.82) is 0 Å². The molecule has 0 saturated carbocycles. The molecule has 2 aliphatic heterocycles. The van der Waals surface area contributed by atoms with Crippen LogP contribution in [0.15, 0.2) is 6.33 Å². The van der Waals surface area contributed by atoms with Gasteiger partial charge < -0.3 is 14.9 Å². The van der Waals surface area contributed by atoms with Crippen molar-refractivity contribution in [3.05, 3.63) is 17.6 Å². The number of hydrogen-bond acceptors (Lipinski definition) is 6. The number of likely N-dealkylation sites (tertiary alicyclic amines) is 1. The van der Waals surface area contributed by atoms with Crippen LogP contribution in [0.4, 0.5) is 5.82 Å². The molecular weight excluding hydrogens is 302 g/mol. The first-order valence-electron chi connectivity index (χ1n) is 9.15. The molecule has 1 fully saturated rings. The molecule has 1 aromatic heterocycles. The number of hydrogen-bond donors (Lipinski definition) is 1. The number of aliphatic hydroxyl groups excluding tert-OH is 1. The molecule has 0 aliphatic carbocycles. The Kier molecular flexibility index (Phi) is 5.69. The van der Waals surface area contributed by atoms with Gasteiger partial charge in [-0.15, -0.1) is 0 Å². The Bertz CT molecular complexity index is 542. The van der Waals surface area contributed by atoms with Crippen LogP contribution in [0.1, 0.15) is 31.0 Å². The van der Waals surface area contributed by atoms with Crippen molar-refractivity contribution in [2.24, 2.45) is 5.92 Å². The Hall–Kier alpha value is -1.24. The highest BCUT2D eigenvalue weighted by molar-refractivity contribution is 5.48. The van der Waals surface area contributed by atoms with E-state index in [9.17, 15) is 5.11 Å². The van der Waals surface area contributed by atoms with Gasteiger partial charge in [-0.2, -0.15) is 0 Å². The molecule has 0 amide bonds. The quantitative estimate of drug-likeness (QED) is 0.867. The van der Waals surface area contributed by atoms with E-state index in [1.54, 1.807) is 6.33 Å². The Morgan fingerprint density at radius 2 is 1.88 bits per heavy atom. The number of rotatable bonds is 5. The second kappa shape index (κ2) is 7.76. The second-order valence-electron chi connectivity index (χ2n) is 7.64. The van der Waals surface area contributed by atoms with Crippen LogP contribution in [0.5, 0.6) is 0 Å². The molecule has 0 aromatic carbocycles. The smallest absolute Gasteiger partial charge is 0.136 e. The maximum Gasteiger partial charge on any atom is 0.136 e. The Labute approximate surface area is 145 Å². The molecule has 0 unspecified atom stereocenters. The van der Waals surface area contributed by atoms with Crippen LogP contribution in [0.3, 0.4) is 0 Å². The lowest BCUT2D eigenvalue weighted by atomic mass is 9.99. The number of aromatic nitrogens is 2. The highest BCUT2D eigenvalue weighted by Crippen LogP contribution is 2.24. The summed E-state index contributed by atoms with van der Waals surface area (Å²) in [6.07, 6.45) is 4.83. The third-order valence-corrected chi connectivity index (χ3v) is 5.30. The summed E-state index contributed by atoms with van der Waals surface area (Å²) in [7, 11) is 4.04. The normalized spacial score (nSPS) is 21.5. The minimum absolute atomic E-state index is 0.285. The third kappa shape index (κ3) is 4.23. The summed E-state index contributed by atoms with van der Waals surface area (Å²) in [6, 6.07) is 0. The van der Waals surface area contributed by atoms with Crippen molar-refractivity contribution in [2.75, 3.05) is 51.7 Å². The molecule has 1 saturated heterocycles. The summed E-state index contributed by atoms with van der Waals surface area (Å²) in [5.74, 6) is 1.84. The average molecular weight is 333 g/mol. The molecule has 1 N–H and O–H groups in total. The summed E-state index contributed by atoms with van der Waals surface area (Å²) in [5.41, 5.74) is 2.37. The fourth-order valence-corrected chi connectivity index (χ4v) is 3.82. The molecule has 0 bridgehead atoms. The van der Waals surface area contributed by atoms with E-state index in [-0.39, 0.29) is 6.10 Å². The van der Waals surface area contributed by atoms with Gasteiger partial charge in [0.05, 0.1) is 11.8 Å². The Morgan fingerprint density at radius 1 is 1.17 bits per heavy atom. The van der Waals surface area contributed by atoms with Crippen molar-refractivity contribution in [1.82, 2.24) is 19.8 Å². The Balaban J connectivity index is 1.55. The van der Waals surface area contributed by atoms with Gasteiger partial charge in [0.2, 0.25) is 0 Å². The van der Waals surface area contributed by atoms with Crippen LogP contribution >= 0.6 is 0 Å². The van der Waals surface area contributed by atoms with Gasteiger partial charge in [-0.3, -0.25) is 4.90 Å². The third-order valence-electron chi connectivity index (χ3n) is 5.30. The molecule has 3 heterocycles. The maximum absolute atomic E-state index is 10.5. The van der Waals surface area contributed by atoms with Gasteiger partial charge in [-0.25, -0.2) is 9.97 Å². The zero-order chi connectivity index (χ0) is 17.1. The van der Waals surface area contributed by atoms with Gasteiger partial charge in [0.1, 0.15) is 12.1 Å². The zero-order valence-electron chi connectivity index (χ0n) is 15.3. The topological polar surface area (TPSA) is 55.7 Å². The average Bonchev–Trinajstić information content (AvgIpc) is 2.56. The molecule has 134 valence electrons. The summed E-state index contributed by atoms with van der Waals surface area (Å²) in [4.78, 5) is 15.7. The van der Waals surface area contributed by atoms with E-state index in [1.807, 2.05) is 14.1 Å². The van der Waals surface area contributed by atoms with Gasteiger partial charge in [-0.1, -0.05) is 6.92 Å². The lowest BCUT2D eigenvalue weighted by Crippen LogP contribution is -2.44. The lowest BCUT2D eigenvalue weighted by molar-refractivity contribution is 0.0574. The first-order valence-corrected chi connectivity index (χ1v) is 9.15. The van der Waals surface area contributed by atoms with E-state index in [1.165, 1.54) is 18.4 Å². The predicted molar refractivity (Wildman–Crippen MR) is 96.2 cm³/mol. The van der Waals surface area contributed by atoms with Crippen LogP contribution in [-0.4, -0.2) is 77.8 Å². The molecule has 1 aromatic rings. The highest BCUT2D eigenvalue weighted by Gasteiger charge is 2.25. The number of nitrogens with zero attached hydrogens (tertiary/aromatic N) is 5. The number of anilines is 1. The standard InChI is InChI=1S/C18H31N5O/c1-14-4-7-22(8-5-14)10-15(24)11-23-9-6-17-16(12-23)18(21(2)3)20-13-19-17/h13-15,24H,4-12H2,1-3H3/t15-/m0/s1. The second-order valence-corrected chi connectivity index (χ2v) is 7.64. The van der Waals surface area contributed by atoms with E-state index >= 15 is 0 Å². The van der Waals surface area contributed by atoms with E-state index in [0.29, 0.717) is 0 Å². The van der Waals surface area contributed by atoms with Crippen LogP contribution in [0.25, 0.3) is 0 Å².